The van der Waals surface area contributed by atoms with Crippen LogP contribution in [0.15, 0.2) is 18.3 Å². The Hall–Kier alpha value is -0.570. The van der Waals surface area contributed by atoms with Crippen molar-refractivity contribution in [2.75, 3.05) is 12.4 Å². The summed E-state index contributed by atoms with van der Waals surface area (Å²) in [5, 5.41) is 0.925. The number of pyridine rings is 1. The molecule has 0 amide bonds. The lowest BCUT2D eigenvalue weighted by molar-refractivity contribution is 0.397. The topological polar surface area (TPSA) is 22.1 Å². The van der Waals surface area contributed by atoms with Crippen LogP contribution in [0.25, 0.3) is 0 Å². The van der Waals surface area contributed by atoms with Gasteiger partial charge in [0.05, 0.1) is 7.11 Å². The van der Waals surface area contributed by atoms with Crippen molar-refractivity contribution in [1.82, 2.24) is 4.98 Å². The van der Waals surface area contributed by atoms with Crippen LogP contribution in [0.1, 0.15) is 19.4 Å². The lowest BCUT2D eigenvalue weighted by atomic mass is 9.88. The standard InChI is InChI=1S/C10H14BrNO/c1-10(2,7-11)8-4-5-9(13-3)12-6-8/h4-6H,7H2,1-3H3. The minimum atomic E-state index is 0.124. The first-order valence-electron chi connectivity index (χ1n) is 4.16. The van der Waals surface area contributed by atoms with Gasteiger partial charge >= 0.3 is 0 Å². The lowest BCUT2D eigenvalue weighted by Gasteiger charge is -2.21. The molecule has 0 atom stereocenters. The van der Waals surface area contributed by atoms with E-state index in [9.17, 15) is 0 Å². The highest BCUT2D eigenvalue weighted by Crippen LogP contribution is 2.25. The number of ether oxygens (including phenoxy) is 1. The molecular formula is C10H14BrNO. The van der Waals surface area contributed by atoms with Gasteiger partial charge in [-0.25, -0.2) is 4.98 Å². The molecule has 0 aliphatic heterocycles. The van der Waals surface area contributed by atoms with Crippen molar-refractivity contribution in [2.24, 2.45) is 0 Å². The predicted molar refractivity (Wildman–Crippen MR) is 57.6 cm³/mol. The number of rotatable bonds is 3. The molecule has 1 aromatic rings. The summed E-state index contributed by atoms with van der Waals surface area (Å²) in [5.41, 5.74) is 1.34. The van der Waals surface area contributed by atoms with E-state index in [2.05, 4.69) is 34.8 Å². The third-order valence-corrected chi connectivity index (χ3v) is 3.46. The van der Waals surface area contributed by atoms with Crippen LogP contribution in [-0.2, 0) is 5.41 Å². The summed E-state index contributed by atoms with van der Waals surface area (Å²) in [5.74, 6) is 0.661. The Kier molecular flexibility index (Phi) is 3.31. The van der Waals surface area contributed by atoms with Crippen LogP contribution in [0.4, 0.5) is 0 Å². The van der Waals surface area contributed by atoms with Gasteiger partial charge in [-0.1, -0.05) is 35.8 Å². The van der Waals surface area contributed by atoms with Gasteiger partial charge in [0, 0.05) is 23.0 Å². The lowest BCUT2D eigenvalue weighted by Crippen LogP contribution is -2.18. The summed E-state index contributed by atoms with van der Waals surface area (Å²) >= 11 is 3.48. The Balaban J connectivity index is 2.92. The fraction of sp³-hybridized carbons (Fsp3) is 0.500. The summed E-state index contributed by atoms with van der Waals surface area (Å²) in [6.45, 7) is 4.34. The van der Waals surface area contributed by atoms with E-state index in [-0.39, 0.29) is 5.41 Å². The molecule has 0 aliphatic rings. The second-order valence-electron chi connectivity index (χ2n) is 3.61. The monoisotopic (exact) mass is 243 g/mol. The first kappa shape index (κ1) is 10.5. The fourth-order valence-electron chi connectivity index (χ4n) is 0.979. The third kappa shape index (κ3) is 2.44. The van der Waals surface area contributed by atoms with E-state index in [1.807, 2.05) is 18.3 Å². The molecule has 0 aromatic carbocycles. The van der Waals surface area contributed by atoms with Crippen LogP contribution in [0.2, 0.25) is 0 Å². The van der Waals surface area contributed by atoms with Crippen LogP contribution in [0, 0.1) is 0 Å². The van der Waals surface area contributed by atoms with Crippen molar-refractivity contribution in [2.45, 2.75) is 19.3 Å². The van der Waals surface area contributed by atoms with Gasteiger partial charge in [-0.15, -0.1) is 0 Å². The SMILES string of the molecule is COc1ccc(C(C)(C)CBr)cn1. The number of aromatic nitrogens is 1. The van der Waals surface area contributed by atoms with Crippen molar-refractivity contribution in [1.29, 1.82) is 0 Å². The molecule has 72 valence electrons. The van der Waals surface area contributed by atoms with E-state index in [4.69, 9.17) is 4.74 Å². The second kappa shape index (κ2) is 4.09. The van der Waals surface area contributed by atoms with Gasteiger partial charge in [0.15, 0.2) is 0 Å². The van der Waals surface area contributed by atoms with E-state index in [0.717, 1.165) is 5.33 Å². The van der Waals surface area contributed by atoms with E-state index < -0.39 is 0 Å². The molecule has 0 saturated carbocycles. The molecule has 0 N–H and O–H groups in total. The normalized spacial score (nSPS) is 11.4. The second-order valence-corrected chi connectivity index (χ2v) is 4.17. The zero-order valence-corrected chi connectivity index (χ0v) is 9.76. The van der Waals surface area contributed by atoms with Gasteiger partial charge in [0.2, 0.25) is 5.88 Å². The number of alkyl halides is 1. The summed E-state index contributed by atoms with van der Waals surface area (Å²) < 4.78 is 4.99. The van der Waals surface area contributed by atoms with E-state index in [0.29, 0.717) is 5.88 Å². The number of halogens is 1. The molecule has 0 unspecified atom stereocenters. The maximum Gasteiger partial charge on any atom is 0.212 e. The molecular weight excluding hydrogens is 230 g/mol. The molecule has 0 saturated heterocycles. The van der Waals surface area contributed by atoms with E-state index in [1.54, 1.807) is 7.11 Å². The Morgan fingerprint density at radius 3 is 2.54 bits per heavy atom. The highest BCUT2D eigenvalue weighted by Gasteiger charge is 2.18. The van der Waals surface area contributed by atoms with Gasteiger partial charge in [0.1, 0.15) is 0 Å². The van der Waals surface area contributed by atoms with Crippen molar-refractivity contribution < 1.29 is 4.74 Å². The molecule has 2 nitrogen and oxygen atoms in total. The van der Waals surface area contributed by atoms with Gasteiger partial charge in [-0.3, -0.25) is 0 Å². The van der Waals surface area contributed by atoms with Crippen LogP contribution < -0.4 is 4.74 Å². The van der Waals surface area contributed by atoms with Crippen molar-refractivity contribution in [3.8, 4) is 5.88 Å². The van der Waals surface area contributed by atoms with Crippen LogP contribution >= 0.6 is 15.9 Å². The molecule has 0 radical (unpaired) electrons. The van der Waals surface area contributed by atoms with Crippen molar-refractivity contribution in [3.05, 3.63) is 23.9 Å². The summed E-state index contributed by atoms with van der Waals surface area (Å²) in [4.78, 5) is 4.17. The first-order valence-corrected chi connectivity index (χ1v) is 5.29. The van der Waals surface area contributed by atoms with Gasteiger partial charge in [-0.05, 0) is 5.56 Å². The number of hydrogen-bond acceptors (Lipinski definition) is 2. The minimum absolute atomic E-state index is 0.124. The van der Waals surface area contributed by atoms with Crippen LogP contribution in [0.3, 0.4) is 0 Å². The molecule has 0 bridgehead atoms. The molecule has 0 spiro atoms. The molecule has 1 aromatic heterocycles. The predicted octanol–water partition coefficient (Wildman–Crippen LogP) is 2.76. The van der Waals surface area contributed by atoms with Crippen molar-refractivity contribution in [3.63, 3.8) is 0 Å². The Bertz CT molecular complexity index is 269. The van der Waals surface area contributed by atoms with Crippen LogP contribution in [0.5, 0.6) is 5.88 Å². The summed E-state index contributed by atoms with van der Waals surface area (Å²) in [6, 6.07) is 3.94. The molecule has 0 fully saturated rings. The summed E-state index contributed by atoms with van der Waals surface area (Å²) in [7, 11) is 1.62. The largest absolute Gasteiger partial charge is 0.481 e. The smallest absolute Gasteiger partial charge is 0.212 e. The zero-order valence-electron chi connectivity index (χ0n) is 8.17. The Labute approximate surface area is 87.5 Å². The average Bonchev–Trinajstić information content (AvgIpc) is 2.18. The Morgan fingerprint density at radius 2 is 2.15 bits per heavy atom. The zero-order chi connectivity index (χ0) is 9.90. The molecule has 0 aliphatic carbocycles. The van der Waals surface area contributed by atoms with E-state index in [1.165, 1.54) is 5.56 Å². The molecule has 3 heteroatoms. The highest BCUT2D eigenvalue weighted by molar-refractivity contribution is 9.09. The van der Waals surface area contributed by atoms with Crippen LogP contribution in [-0.4, -0.2) is 17.4 Å². The third-order valence-electron chi connectivity index (χ3n) is 2.06. The maximum atomic E-state index is 4.99. The van der Waals surface area contributed by atoms with Gasteiger partial charge < -0.3 is 4.74 Å². The highest BCUT2D eigenvalue weighted by atomic mass is 79.9. The number of nitrogens with zero attached hydrogens (tertiary/aromatic N) is 1. The average molecular weight is 244 g/mol. The van der Waals surface area contributed by atoms with Crippen molar-refractivity contribution >= 4 is 15.9 Å². The summed E-state index contributed by atoms with van der Waals surface area (Å²) in [6.07, 6.45) is 1.86. The molecule has 1 heterocycles. The van der Waals surface area contributed by atoms with E-state index >= 15 is 0 Å². The van der Waals surface area contributed by atoms with Gasteiger partial charge in [0.25, 0.3) is 0 Å². The number of hydrogen-bond donors (Lipinski definition) is 0. The first-order chi connectivity index (χ1) is 6.10. The van der Waals surface area contributed by atoms with Gasteiger partial charge in [-0.2, -0.15) is 0 Å². The maximum absolute atomic E-state index is 4.99. The molecule has 13 heavy (non-hydrogen) atoms. The quantitative estimate of drug-likeness (QED) is 0.763. The number of methoxy groups -OCH3 is 1. The Morgan fingerprint density at radius 1 is 1.46 bits per heavy atom. The fourth-order valence-corrected chi connectivity index (χ4v) is 1.30. The minimum Gasteiger partial charge on any atom is -0.481 e. The molecule has 1 rings (SSSR count).